The van der Waals surface area contributed by atoms with E-state index in [0.29, 0.717) is 25.3 Å². The lowest BCUT2D eigenvalue weighted by Crippen LogP contribution is -2.26. The van der Waals surface area contributed by atoms with Crippen LogP contribution in [0.25, 0.3) is 0 Å². The minimum absolute atomic E-state index is 0.0181. The maximum atomic E-state index is 11.7. The summed E-state index contributed by atoms with van der Waals surface area (Å²) >= 11 is 0. The Bertz CT molecular complexity index is 503. The van der Waals surface area contributed by atoms with Crippen molar-refractivity contribution in [2.24, 2.45) is 0 Å². The van der Waals surface area contributed by atoms with Crippen LogP contribution in [-0.2, 0) is 9.53 Å². The molecule has 0 fully saturated rings. The number of nitrogens with zero attached hydrogens (tertiary/aromatic N) is 1. The van der Waals surface area contributed by atoms with Crippen LogP contribution in [-0.4, -0.2) is 31.3 Å². The number of aromatic hydroxyl groups is 1. The first-order chi connectivity index (χ1) is 9.67. The number of methoxy groups -OCH3 is 1. The molecule has 1 aromatic carbocycles. The van der Waals surface area contributed by atoms with Crippen LogP contribution in [0.1, 0.15) is 6.42 Å². The quantitative estimate of drug-likeness (QED) is 0.302. The van der Waals surface area contributed by atoms with Crippen LogP contribution in [0.4, 0.5) is 5.69 Å². The van der Waals surface area contributed by atoms with Crippen molar-refractivity contribution in [2.75, 3.05) is 25.6 Å². The molecule has 0 aliphatic heterocycles. The lowest BCUT2D eigenvalue weighted by Gasteiger charge is -2.05. The van der Waals surface area contributed by atoms with Gasteiger partial charge in [0, 0.05) is 32.1 Å². The van der Waals surface area contributed by atoms with Gasteiger partial charge in [0.1, 0.15) is 17.4 Å². The molecule has 20 heavy (non-hydrogen) atoms. The molecular weight excluding hydrogens is 258 g/mol. The lowest BCUT2D eigenvalue weighted by atomic mass is 10.2. The van der Waals surface area contributed by atoms with Crippen LogP contribution >= 0.6 is 0 Å². The molecule has 0 heterocycles. The molecule has 0 atom stereocenters. The van der Waals surface area contributed by atoms with E-state index in [4.69, 9.17) is 15.1 Å². The highest BCUT2D eigenvalue weighted by atomic mass is 16.5. The molecule has 0 aliphatic carbocycles. The second-order valence-electron chi connectivity index (χ2n) is 3.96. The number of ether oxygens (including phenoxy) is 1. The zero-order valence-corrected chi connectivity index (χ0v) is 11.2. The first-order valence-electron chi connectivity index (χ1n) is 6.10. The van der Waals surface area contributed by atoms with E-state index in [-0.39, 0.29) is 11.3 Å². The summed E-state index contributed by atoms with van der Waals surface area (Å²) in [6, 6.07) is 8.12. The Morgan fingerprint density at radius 1 is 1.45 bits per heavy atom. The normalized spacial score (nSPS) is 10.7. The fourth-order valence-electron chi connectivity index (χ4n) is 1.38. The van der Waals surface area contributed by atoms with Gasteiger partial charge in [-0.25, -0.2) is 0 Å². The highest BCUT2D eigenvalue weighted by Gasteiger charge is 2.07. The van der Waals surface area contributed by atoms with Crippen molar-refractivity contribution in [3.8, 4) is 11.8 Å². The van der Waals surface area contributed by atoms with Crippen molar-refractivity contribution in [2.45, 2.75) is 6.42 Å². The van der Waals surface area contributed by atoms with E-state index in [1.807, 2.05) is 6.07 Å². The molecule has 0 unspecified atom stereocenters. The second kappa shape index (κ2) is 8.56. The van der Waals surface area contributed by atoms with Gasteiger partial charge in [0.15, 0.2) is 0 Å². The predicted molar refractivity (Wildman–Crippen MR) is 74.9 cm³/mol. The summed E-state index contributed by atoms with van der Waals surface area (Å²) in [4.78, 5) is 11.7. The van der Waals surface area contributed by atoms with Crippen LogP contribution in [0.5, 0.6) is 5.75 Å². The van der Waals surface area contributed by atoms with Crippen molar-refractivity contribution in [1.82, 2.24) is 5.32 Å². The van der Waals surface area contributed by atoms with Crippen molar-refractivity contribution in [1.29, 1.82) is 5.26 Å². The molecule has 0 saturated heterocycles. The summed E-state index contributed by atoms with van der Waals surface area (Å²) in [6.45, 7) is 1.00. The Balaban J connectivity index is 2.52. The zero-order valence-electron chi connectivity index (χ0n) is 11.2. The number of phenols is 1. The number of benzene rings is 1. The average Bonchev–Trinajstić information content (AvgIpc) is 2.46. The molecule has 106 valence electrons. The molecular formula is C14H17N3O3. The number of hydrogen-bond donors (Lipinski definition) is 3. The van der Waals surface area contributed by atoms with E-state index in [1.165, 1.54) is 18.3 Å². The van der Waals surface area contributed by atoms with Gasteiger partial charge in [0.05, 0.1) is 0 Å². The molecule has 1 aromatic rings. The average molecular weight is 275 g/mol. The zero-order chi connectivity index (χ0) is 14.8. The smallest absolute Gasteiger partial charge is 0.263 e. The van der Waals surface area contributed by atoms with E-state index in [0.717, 1.165) is 0 Å². The van der Waals surface area contributed by atoms with E-state index in [2.05, 4.69) is 10.6 Å². The molecule has 6 heteroatoms. The summed E-state index contributed by atoms with van der Waals surface area (Å²) in [5.41, 5.74) is 0.651. The summed E-state index contributed by atoms with van der Waals surface area (Å²) < 4.78 is 4.86. The summed E-state index contributed by atoms with van der Waals surface area (Å²) in [6.07, 6.45) is 2.02. The van der Waals surface area contributed by atoms with Crippen molar-refractivity contribution in [3.05, 3.63) is 36.0 Å². The van der Waals surface area contributed by atoms with E-state index in [1.54, 1.807) is 19.2 Å². The predicted octanol–water partition coefficient (Wildman–Crippen LogP) is 1.36. The highest BCUT2D eigenvalue weighted by Crippen LogP contribution is 2.13. The molecule has 0 aromatic heterocycles. The molecule has 0 saturated carbocycles. The van der Waals surface area contributed by atoms with Crippen LogP contribution in [0.15, 0.2) is 36.0 Å². The molecule has 6 nitrogen and oxygen atoms in total. The lowest BCUT2D eigenvalue weighted by molar-refractivity contribution is -0.117. The molecule has 1 rings (SSSR count). The number of amides is 1. The first-order valence-corrected chi connectivity index (χ1v) is 6.10. The Morgan fingerprint density at radius 3 is 2.75 bits per heavy atom. The van der Waals surface area contributed by atoms with Crippen LogP contribution < -0.4 is 10.6 Å². The number of anilines is 1. The van der Waals surface area contributed by atoms with Crippen molar-refractivity contribution in [3.63, 3.8) is 0 Å². The van der Waals surface area contributed by atoms with E-state index in [9.17, 15) is 4.79 Å². The third-order valence-electron chi connectivity index (χ3n) is 2.43. The molecule has 3 N–H and O–H groups in total. The molecule has 0 spiro atoms. The van der Waals surface area contributed by atoms with E-state index < -0.39 is 5.91 Å². The Labute approximate surface area is 117 Å². The topological polar surface area (TPSA) is 94.4 Å². The minimum Gasteiger partial charge on any atom is -0.508 e. The highest BCUT2D eigenvalue weighted by molar-refractivity contribution is 5.97. The fourth-order valence-corrected chi connectivity index (χ4v) is 1.38. The first kappa shape index (κ1) is 15.5. The van der Waals surface area contributed by atoms with Crippen LogP contribution in [0, 0.1) is 11.3 Å². The number of carbonyl (C=O) groups is 1. The number of nitrogens with one attached hydrogen (secondary N) is 2. The number of nitriles is 1. The van der Waals surface area contributed by atoms with Gasteiger partial charge < -0.3 is 20.5 Å². The van der Waals surface area contributed by atoms with Gasteiger partial charge in [-0.05, 0) is 30.7 Å². The minimum atomic E-state index is -0.435. The standard InChI is InChI=1S/C14H17N3O3/c1-20-8-2-7-16-14(19)11(9-15)10-17-12-3-5-13(18)6-4-12/h3-6,10,17-18H,2,7-8H2,1H3,(H,16,19)/b11-10-. The van der Waals surface area contributed by atoms with Crippen LogP contribution in [0.2, 0.25) is 0 Å². The SMILES string of the molecule is COCCCNC(=O)/C(C#N)=C\Nc1ccc(O)cc1. The Hall–Kier alpha value is -2.52. The molecule has 1 amide bonds. The number of rotatable bonds is 7. The Morgan fingerprint density at radius 2 is 2.15 bits per heavy atom. The van der Waals surface area contributed by atoms with Crippen LogP contribution in [0.3, 0.4) is 0 Å². The molecule has 0 radical (unpaired) electrons. The summed E-state index contributed by atoms with van der Waals surface area (Å²) in [5.74, 6) is -0.286. The van der Waals surface area contributed by atoms with E-state index >= 15 is 0 Å². The van der Waals surface area contributed by atoms with Gasteiger partial charge in [0.25, 0.3) is 5.91 Å². The summed E-state index contributed by atoms with van der Waals surface area (Å²) in [5, 5.41) is 23.5. The largest absolute Gasteiger partial charge is 0.508 e. The Kier molecular flexibility index (Phi) is 6.65. The number of carbonyl (C=O) groups excluding carboxylic acids is 1. The maximum absolute atomic E-state index is 11.7. The number of phenolic OH excluding ortho intramolecular Hbond substituents is 1. The third kappa shape index (κ3) is 5.42. The van der Waals surface area contributed by atoms with Gasteiger partial charge in [-0.3, -0.25) is 4.79 Å². The number of hydrogen-bond acceptors (Lipinski definition) is 5. The molecule has 0 bridgehead atoms. The van der Waals surface area contributed by atoms with Gasteiger partial charge in [-0.1, -0.05) is 0 Å². The fraction of sp³-hybridized carbons (Fsp3) is 0.286. The van der Waals surface area contributed by atoms with Crippen molar-refractivity contribution >= 4 is 11.6 Å². The monoisotopic (exact) mass is 275 g/mol. The maximum Gasteiger partial charge on any atom is 0.263 e. The molecule has 0 aliphatic rings. The summed E-state index contributed by atoms with van der Waals surface area (Å²) in [7, 11) is 1.59. The third-order valence-corrected chi connectivity index (χ3v) is 2.43. The van der Waals surface area contributed by atoms with Gasteiger partial charge in [0.2, 0.25) is 0 Å². The van der Waals surface area contributed by atoms with Crippen molar-refractivity contribution < 1.29 is 14.6 Å². The van der Waals surface area contributed by atoms with Gasteiger partial charge in [-0.15, -0.1) is 0 Å². The second-order valence-corrected chi connectivity index (χ2v) is 3.96. The van der Waals surface area contributed by atoms with Gasteiger partial charge >= 0.3 is 0 Å². The van der Waals surface area contributed by atoms with Gasteiger partial charge in [-0.2, -0.15) is 5.26 Å².